The molecule has 0 aromatic heterocycles. The van der Waals surface area contributed by atoms with Crippen molar-refractivity contribution in [3.8, 4) is 5.75 Å². The van der Waals surface area contributed by atoms with E-state index in [1.807, 2.05) is 18.2 Å². The summed E-state index contributed by atoms with van der Waals surface area (Å²) in [6, 6.07) is 21.1. The number of unbranched alkanes of at least 4 members (excludes halogenated alkanes) is 1. The lowest BCUT2D eigenvalue weighted by atomic mass is 9.94. The second kappa shape index (κ2) is 7.14. The Morgan fingerprint density at radius 3 is 2.86 bits per heavy atom. The number of hydrogen-bond acceptors (Lipinski definition) is 3. The fourth-order valence-corrected chi connectivity index (χ4v) is 4.52. The molecule has 0 saturated carbocycles. The Hall–Kier alpha value is -2.52. The van der Waals surface area contributed by atoms with Crippen LogP contribution in [-0.4, -0.2) is 16.9 Å². The maximum absolute atomic E-state index is 6.33. The van der Waals surface area contributed by atoms with Crippen molar-refractivity contribution in [1.29, 1.82) is 0 Å². The Labute approximate surface area is 170 Å². The van der Waals surface area contributed by atoms with E-state index in [1.54, 1.807) is 0 Å². The largest absolute Gasteiger partial charge is 0.469 e. The first-order valence-corrected chi connectivity index (χ1v) is 10.4. The van der Waals surface area contributed by atoms with Crippen LogP contribution in [0.2, 0.25) is 5.02 Å². The number of hydrazone groups is 1. The molecule has 0 saturated heterocycles. The molecule has 0 amide bonds. The van der Waals surface area contributed by atoms with Crippen LogP contribution in [0.25, 0.3) is 10.8 Å². The minimum Gasteiger partial charge on any atom is -0.469 e. The average Bonchev–Trinajstić information content (AvgIpc) is 3.17. The molecule has 0 radical (unpaired) electrons. The molecule has 0 bridgehead atoms. The quantitative estimate of drug-likeness (QED) is 0.504. The van der Waals surface area contributed by atoms with Gasteiger partial charge in [-0.15, -0.1) is 0 Å². The van der Waals surface area contributed by atoms with Crippen LogP contribution in [0.15, 0.2) is 65.8 Å². The zero-order valence-electron chi connectivity index (χ0n) is 15.9. The monoisotopic (exact) mass is 390 g/mol. The molecule has 0 spiro atoms. The van der Waals surface area contributed by atoms with Crippen molar-refractivity contribution in [1.82, 2.24) is 5.01 Å². The zero-order chi connectivity index (χ0) is 19.1. The van der Waals surface area contributed by atoms with Gasteiger partial charge in [0.25, 0.3) is 0 Å². The van der Waals surface area contributed by atoms with Gasteiger partial charge in [-0.1, -0.05) is 67.4 Å². The van der Waals surface area contributed by atoms with Crippen molar-refractivity contribution < 1.29 is 4.74 Å². The molecule has 3 aromatic carbocycles. The topological polar surface area (TPSA) is 24.8 Å². The summed E-state index contributed by atoms with van der Waals surface area (Å²) in [5.41, 5.74) is 3.48. The van der Waals surface area contributed by atoms with Crippen LogP contribution < -0.4 is 4.74 Å². The molecular formula is C24H23ClN2O. The van der Waals surface area contributed by atoms with E-state index in [0.29, 0.717) is 0 Å². The second-order valence-electron chi connectivity index (χ2n) is 7.57. The SMILES string of the molecule is CCCC[C@@H]1Oc2ccc(Cl)cc2[C@@H]2CC(c3cccc4ccccc34)=NN12. The molecule has 4 heteroatoms. The summed E-state index contributed by atoms with van der Waals surface area (Å²) in [4.78, 5) is 0. The molecule has 3 aromatic rings. The summed E-state index contributed by atoms with van der Waals surface area (Å²) in [5, 5.41) is 10.5. The maximum atomic E-state index is 6.33. The minimum absolute atomic E-state index is 0.0221. The van der Waals surface area contributed by atoms with Gasteiger partial charge in [0, 0.05) is 29.0 Å². The van der Waals surface area contributed by atoms with E-state index < -0.39 is 0 Å². The molecule has 2 heterocycles. The van der Waals surface area contributed by atoms with Gasteiger partial charge in [0.15, 0.2) is 6.23 Å². The van der Waals surface area contributed by atoms with E-state index in [0.717, 1.165) is 47.7 Å². The normalized spacial score (nSPS) is 20.5. The third-order valence-electron chi connectivity index (χ3n) is 5.74. The molecule has 3 nitrogen and oxygen atoms in total. The lowest BCUT2D eigenvalue weighted by Crippen LogP contribution is -2.40. The third-order valence-corrected chi connectivity index (χ3v) is 5.97. The number of halogens is 1. The minimum atomic E-state index is -0.0221. The van der Waals surface area contributed by atoms with Crippen LogP contribution >= 0.6 is 11.6 Å². The Kier molecular flexibility index (Phi) is 4.48. The summed E-state index contributed by atoms with van der Waals surface area (Å²) in [7, 11) is 0. The number of nitrogens with zero attached hydrogens (tertiary/aromatic N) is 2. The smallest absolute Gasteiger partial charge is 0.187 e. The van der Waals surface area contributed by atoms with Gasteiger partial charge < -0.3 is 4.74 Å². The fourth-order valence-electron chi connectivity index (χ4n) is 4.34. The summed E-state index contributed by atoms with van der Waals surface area (Å²) >= 11 is 6.31. The molecule has 2 atom stereocenters. The van der Waals surface area contributed by atoms with E-state index in [2.05, 4.69) is 54.4 Å². The number of fused-ring (bicyclic) bond motifs is 4. The van der Waals surface area contributed by atoms with Gasteiger partial charge in [-0.3, -0.25) is 5.01 Å². The number of hydrogen-bond donors (Lipinski definition) is 0. The predicted octanol–water partition coefficient (Wildman–Crippen LogP) is 6.55. The summed E-state index contributed by atoms with van der Waals surface area (Å²) in [5.74, 6) is 0.945. The van der Waals surface area contributed by atoms with Gasteiger partial charge in [0.2, 0.25) is 0 Å². The van der Waals surface area contributed by atoms with Gasteiger partial charge in [-0.2, -0.15) is 5.10 Å². The first kappa shape index (κ1) is 17.6. The van der Waals surface area contributed by atoms with Gasteiger partial charge in [0.1, 0.15) is 5.75 Å². The Morgan fingerprint density at radius 1 is 1.11 bits per heavy atom. The van der Waals surface area contributed by atoms with Gasteiger partial charge in [-0.25, -0.2) is 0 Å². The van der Waals surface area contributed by atoms with Crippen LogP contribution in [0, 0.1) is 0 Å². The van der Waals surface area contributed by atoms with E-state index in [-0.39, 0.29) is 12.3 Å². The van der Waals surface area contributed by atoms with Crippen molar-refractivity contribution in [2.24, 2.45) is 5.10 Å². The predicted molar refractivity (Wildman–Crippen MR) is 115 cm³/mol. The number of rotatable bonds is 4. The van der Waals surface area contributed by atoms with Crippen LogP contribution in [-0.2, 0) is 0 Å². The van der Waals surface area contributed by atoms with E-state index in [9.17, 15) is 0 Å². The first-order valence-electron chi connectivity index (χ1n) is 10.0. The average molecular weight is 391 g/mol. The molecule has 5 rings (SSSR count). The fraction of sp³-hybridized carbons (Fsp3) is 0.292. The molecule has 142 valence electrons. The second-order valence-corrected chi connectivity index (χ2v) is 8.01. The first-order chi connectivity index (χ1) is 13.7. The van der Waals surface area contributed by atoms with Crippen LogP contribution in [0.5, 0.6) is 5.75 Å². The van der Waals surface area contributed by atoms with Crippen molar-refractivity contribution in [2.45, 2.75) is 44.9 Å². The van der Waals surface area contributed by atoms with Crippen LogP contribution in [0.3, 0.4) is 0 Å². The molecule has 2 aliphatic heterocycles. The van der Waals surface area contributed by atoms with E-state index in [4.69, 9.17) is 21.4 Å². The van der Waals surface area contributed by atoms with Crippen molar-refractivity contribution in [3.05, 3.63) is 76.8 Å². The van der Waals surface area contributed by atoms with Crippen molar-refractivity contribution in [2.75, 3.05) is 0 Å². The molecular weight excluding hydrogens is 368 g/mol. The van der Waals surface area contributed by atoms with Crippen molar-refractivity contribution in [3.63, 3.8) is 0 Å². The molecule has 0 aliphatic carbocycles. The Bertz CT molecular complexity index is 1060. The highest BCUT2D eigenvalue weighted by molar-refractivity contribution is 6.30. The van der Waals surface area contributed by atoms with Gasteiger partial charge in [-0.05, 0) is 35.4 Å². The van der Waals surface area contributed by atoms with Crippen LogP contribution in [0.1, 0.15) is 49.8 Å². The zero-order valence-corrected chi connectivity index (χ0v) is 16.7. The van der Waals surface area contributed by atoms with E-state index >= 15 is 0 Å². The summed E-state index contributed by atoms with van der Waals surface area (Å²) in [6.07, 6.45) is 4.09. The van der Waals surface area contributed by atoms with E-state index in [1.165, 1.54) is 16.3 Å². The lowest BCUT2D eigenvalue weighted by Gasteiger charge is -2.38. The highest BCUT2D eigenvalue weighted by atomic mass is 35.5. The lowest BCUT2D eigenvalue weighted by molar-refractivity contribution is -0.0231. The van der Waals surface area contributed by atoms with Gasteiger partial charge in [0.05, 0.1) is 11.8 Å². The highest BCUT2D eigenvalue weighted by Gasteiger charge is 2.40. The Morgan fingerprint density at radius 2 is 1.96 bits per heavy atom. The van der Waals surface area contributed by atoms with Crippen molar-refractivity contribution >= 4 is 28.1 Å². The number of ether oxygens (including phenoxy) is 1. The van der Waals surface area contributed by atoms with Crippen LogP contribution in [0.4, 0.5) is 0 Å². The molecule has 0 unspecified atom stereocenters. The standard InChI is InChI=1S/C24H23ClN2O/c1-2-3-11-24-27-22(20-14-17(25)12-13-23(20)28-24)15-21(26-27)19-10-6-8-16-7-4-5-9-18(16)19/h4-10,12-14,22,24H,2-3,11,15H2,1H3/t22-,24-/m0/s1. The Balaban J connectivity index is 1.58. The highest BCUT2D eigenvalue weighted by Crippen LogP contribution is 2.45. The molecule has 28 heavy (non-hydrogen) atoms. The number of benzene rings is 3. The maximum Gasteiger partial charge on any atom is 0.187 e. The summed E-state index contributed by atoms with van der Waals surface area (Å²) < 4.78 is 6.33. The summed E-state index contributed by atoms with van der Waals surface area (Å²) in [6.45, 7) is 2.21. The molecule has 0 N–H and O–H groups in total. The molecule has 2 aliphatic rings. The molecule has 0 fully saturated rings. The van der Waals surface area contributed by atoms with Gasteiger partial charge >= 0.3 is 0 Å². The third kappa shape index (κ3) is 2.94.